The molecule has 8 heavy (non-hydrogen) atoms. The number of nitrogens with zero attached hydrogens (tertiary/aromatic N) is 1. The molecule has 2 nitrogen and oxygen atoms in total. The molecule has 1 aliphatic carbocycles. The van der Waals surface area contributed by atoms with Gasteiger partial charge in [-0.15, -0.1) is 0 Å². The molecule has 0 aromatic heterocycles. The summed E-state index contributed by atoms with van der Waals surface area (Å²) in [4.78, 5) is 13.0. The van der Waals surface area contributed by atoms with Crippen molar-refractivity contribution in [2.75, 3.05) is 0 Å². The third-order valence-corrected chi connectivity index (χ3v) is 0.926. The molecule has 0 saturated heterocycles. The lowest BCUT2D eigenvalue weighted by atomic mass is 10.5. The van der Waals surface area contributed by atoms with E-state index in [2.05, 4.69) is 4.99 Å². The van der Waals surface area contributed by atoms with Crippen molar-refractivity contribution in [2.45, 2.75) is 6.42 Å². The largest absolute Gasteiger partial charge is 0.240 e. The van der Waals surface area contributed by atoms with Crippen LogP contribution in [-0.4, -0.2) is 6.08 Å². The monoisotopic (exact) mass is 107 g/mol. The highest BCUT2D eigenvalue weighted by Crippen LogP contribution is 2.07. The summed E-state index contributed by atoms with van der Waals surface area (Å²) in [6.07, 6.45) is 7.96. The average Bonchev–Trinajstić information content (AvgIpc) is 2.19. The van der Waals surface area contributed by atoms with E-state index in [-0.39, 0.29) is 0 Å². The summed E-state index contributed by atoms with van der Waals surface area (Å²) >= 11 is 0. The van der Waals surface area contributed by atoms with Crippen LogP contribution in [0, 0.1) is 0 Å². The van der Waals surface area contributed by atoms with Crippen molar-refractivity contribution in [3.05, 3.63) is 23.9 Å². The van der Waals surface area contributed by atoms with Crippen LogP contribution < -0.4 is 0 Å². The summed E-state index contributed by atoms with van der Waals surface area (Å²) in [5, 5.41) is 0. The van der Waals surface area contributed by atoms with Crippen LogP contribution in [0.2, 0.25) is 0 Å². The summed E-state index contributed by atoms with van der Waals surface area (Å²) in [7, 11) is 0. The van der Waals surface area contributed by atoms with Gasteiger partial charge in [0.1, 0.15) is 0 Å². The van der Waals surface area contributed by atoms with E-state index < -0.39 is 0 Å². The molecule has 0 amide bonds. The fourth-order valence-electron chi connectivity index (χ4n) is 0.581. The van der Waals surface area contributed by atoms with Crippen molar-refractivity contribution in [3.63, 3.8) is 0 Å². The lowest BCUT2D eigenvalue weighted by molar-refractivity contribution is 0.565. The first-order valence-electron chi connectivity index (χ1n) is 2.38. The molecule has 0 saturated carbocycles. The van der Waals surface area contributed by atoms with E-state index in [0.29, 0.717) is 0 Å². The number of isocyanates is 1. The number of carbonyl (C=O) groups excluding carboxylic acids is 1. The van der Waals surface area contributed by atoms with Gasteiger partial charge in [-0.25, -0.2) is 4.79 Å². The maximum atomic E-state index is 9.59. The fraction of sp³-hybridized carbons (Fsp3) is 0.167. The number of hydrogen-bond acceptors (Lipinski definition) is 2. The molecule has 0 aliphatic heterocycles. The molecule has 0 fully saturated rings. The fourth-order valence-corrected chi connectivity index (χ4v) is 0.581. The Morgan fingerprint density at radius 2 is 2.62 bits per heavy atom. The number of hydrogen-bond donors (Lipinski definition) is 0. The summed E-state index contributed by atoms with van der Waals surface area (Å²) < 4.78 is 0. The molecule has 0 atom stereocenters. The molecule has 0 spiro atoms. The van der Waals surface area contributed by atoms with Crippen LogP contribution in [0.25, 0.3) is 0 Å². The van der Waals surface area contributed by atoms with Gasteiger partial charge < -0.3 is 0 Å². The van der Waals surface area contributed by atoms with Crippen molar-refractivity contribution in [1.29, 1.82) is 0 Å². The highest BCUT2D eigenvalue weighted by Gasteiger charge is 1.90. The van der Waals surface area contributed by atoms with Crippen molar-refractivity contribution >= 4 is 6.08 Å². The van der Waals surface area contributed by atoms with Crippen LogP contribution in [-0.2, 0) is 4.79 Å². The standard InChI is InChI=1S/C6H5NO/c8-5-7-6-3-1-2-4-6/h1,3-4H,2H2. The molecule has 0 unspecified atom stereocenters. The molecule has 0 bridgehead atoms. The van der Waals surface area contributed by atoms with Gasteiger partial charge in [-0.05, 0) is 12.5 Å². The van der Waals surface area contributed by atoms with Gasteiger partial charge in [0.25, 0.3) is 0 Å². The molecule has 0 aromatic rings. The lowest BCUT2D eigenvalue weighted by Gasteiger charge is -1.75. The molecular formula is C6H5NO. The Hall–Kier alpha value is -1.14. The number of aliphatic imine (C=N–C) groups is 1. The maximum Gasteiger partial charge on any atom is 0.240 e. The van der Waals surface area contributed by atoms with Gasteiger partial charge in [0.2, 0.25) is 6.08 Å². The van der Waals surface area contributed by atoms with Crippen molar-refractivity contribution < 1.29 is 4.79 Å². The molecular weight excluding hydrogens is 102 g/mol. The van der Waals surface area contributed by atoms with Crippen LogP contribution >= 0.6 is 0 Å². The molecule has 0 radical (unpaired) electrons. The van der Waals surface area contributed by atoms with Crippen LogP contribution in [0.15, 0.2) is 28.9 Å². The van der Waals surface area contributed by atoms with E-state index >= 15 is 0 Å². The van der Waals surface area contributed by atoms with Gasteiger partial charge in [0.15, 0.2) is 0 Å². The zero-order chi connectivity index (χ0) is 5.82. The van der Waals surface area contributed by atoms with Crippen molar-refractivity contribution in [3.8, 4) is 0 Å². The quantitative estimate of drug-likeness (QED) is 0.365. The Balaban J connectivity index is 2.72. The van der Waals surface area contributed by atoms with Crippen LogP contribution in [0.1, 0.15) is 6.42 Å². The van der Waals surface area contributed by atoms with Crippen LogP contribution in [0.3, 0.4) is 0 Å². The minimum atomic E-state index is 0.722. The first kappa shape index (κ1) is 5.01. The number of allylic oxidation sites excluding steroid dienone is 3. The zero-order valence-corrected chi connectivity index (χ0v) is 4.29. The predicted octanol–water partition coefficient (Wildman–Crippen LogP) is 1.17. The molecule has 0 aromatic carbocycles. The summed E-state index contributed by atoms with van der Waals surface area (Å²) in [6.45, 7) is 0. The molecule has 40 valence electrons. The Labute approximate surface area is 47.2 Å². The van der Waals surface area contributed by atoms with E-state index in [9.17, 15) is 4.79 Å². The highest BCUT2D eigenvalue weighted by atomic mass is 16.1. The van der Waals surface area contributed by atoms with E-state index in [1.54, 1.807) is 6.08 Å². The van der Waals surface area contributed by atoms with Crippen molar-refractivity contribution in [1.82, 2.24) is 0 Å². The smallest absolute Gasteiger partial charge is 0.211 e. The van der Waals surface area contributed by atoms with E-state index in [1.807, 2.05) is 12.2 Å². The van der Waals surface area contributed by atoms with E-state index in [0.717, 1.165) is 12.1 Å². The molecule has 1 rings (SSSR count). The van der Waals surface area contributed by atoms with Crippen molar-refractivity contribution in [2.24, 2.45) is 4.99 Å². The summed E-state index contributed by atoms with van der Waals surface area (Å²) in [6, 6.07) is 0. The lowest BCUT2D eigenvalue weighted by Crippen LogP contribution is -1.61. The van der Waals surface area contributed by atoms with Gasteiger partial charge >= 0.3 is 0 Å². The second-order valence-corrected chi connectivity index (χ2v) is 1.47. The van der Waals surface area contributed by atoms with Gasteiger partial charge in [-0.1, -0.05) is 12.2 Å². The molecule has 2 heteroatoms. The first-order valence-corrected chi connectivity index (χ1v) is 2.38. The Kier molecular flexibility index (Phi) is 1.40. The topological polar surface area (TPSA) is 29.4 Å². The minimum Gasteiger partial charge on any atom is -0.211 e. The van der Waals surface area contributed by atoms with E-state index in [1.165, 1.54) is 6.08 Å². The Morgan fingerprint density at radius 1 is 1.75 bits per heavy atom. The average molecular weight is 107 g/mol. The Morgan fingerprint density at radius 3 is 3.12 bits per heavy atom. The van der Waals surface area contributed by atoms with Gasteiger partial charge in [0.05, 0.1) is 5.70 Å². The molecule has 1 aliphatic rings. The highest BCUT2D eigenvalue weighted by molar-refractivity contribution is 5.41. The van der Waals surface area contributed by atoms with Crippen LogP contribution in [0.5, 0.6) is 0 Å². The molecule has 0 heterocycles. The first-order chi connectivity index (χ1) is 3.93. The second kappa shape index (κ2) is 2.24. The third kappa shape index (κ3) is 0.922. The van der Waals surface area contributed by atoms with Crippen LogP contribution in [0.4, 0.5) is 0 Å². The third-order valence-electron chi connectivity index (χ3n) is 0.926. The van der Waals surface area contributed by atoms with Gasteiger partial charge in [-0.2, -0.15) is 4.99 Å². The normalized spacial score (nSPS) is 15.2. The predicted molar refractivity (Wildman–Crippen MR) is 30.0 cm³/mol. The minimum absolute atomic E-state index is 0.722. The summed E-state index contributed by atoms with van der Waals surface area (Å²) in [5.74, 6) is 0. The Bertz CT molecular complexity index is 185. The van der Waals surface area contributed by atoms with Gasteiger partial charge in [0, 0.05) is 0 Å². The second-order valence-electron chi connectivity index (χ2n) is 1.47. The van der Waals surface area contributed by atoms with Gasteiger partial charge in [-0.3, -0.25) is 0 Å². The number of rotatable bonds is 1. The van der Waals surface area contributed by atoms with E-state index in [4.69, 9.17) is 0 Å². The molecule has 0 N–H and O–H groups in total. The SMILES string of the molecule is O=C=NC1=CCC=C1. The maximum absolute atomic E-state index is 9.59. The zero-order valence-electron chi connectivity index (χ0n) is 4.29. The summed E-state index contributed by atoms with van der Waals surface area (Å²) in [5.41, 5.74) is 0.722.